The first-order valence-corrected chi connectivity index (χ1v) is 10.8. The van der Waals surface area contributed by atoms with Crippen molar-refractivity contribution in [3.8, 4) is 5.82 Å². The van der Waals surface area contributed by atoms with E-state index in [0.29, 0.717) is 10.8 Å². The van der Waals surface area contributed by atoms with Crippen LogP contribution in [-0.4, -0.2) is 19.6 Å². The molecule has 1 saturated heterocycles. The van der Waals surface area contributed by atoms with Crippen LogP contribution in [0.2, 0.25) is 0 Å². The number of benzene rings is 1. The van der Waals surface area contributed by atoms with E-state index in [2.05, 4.69) is 39.8 Å². The number of hydrogen-bond donors (Lipinski definition) is 1. The summed E-state index contributed by atoms with van der Waals surface area (Å²) in [7, 11) is 0. The second-order valence-electron chi connectivity index (χ2n) is 7.80. The number of para-hydroxylation sites is 1. The van der Waals surface area contributed by atoms with Crippen molar-refractivity contribution < 1.29 is 4.39 Å². The fraction of sp³-hybridized carbons (Fsp3) is 0.160. The number of nitrogens with one attached hydrogen (secondary N) is 1. The number of rotatable bonds is 4. The molecular weight excluding hydrogens is 421 g/mol. The van der Waals surface area contributed by atoms with Crippen molar-refractivity contribution in [1.82, 2.24) is 19.9 Å². The van der Waals surface area contributed by atoms with E-state index in [0.717, 1.165) is 28.5 Å². The molecule has 2 atom stereocenters. The van der Waals surface area contributed by atoms with E-state index in [4.69, 9.17) is 12.2 Å². The van der Waals surface area contributed by atoms with Crippen molar-refractivity contribution in [2.24, 2.45) is 0 Å². The molecule has 3 aromatic heterocycles. The smallest absolute Gasteiger partial charge is 0.174 e. The summed E-state index contributed by atoms with van der Waals surface area (Å²) in [6, 6.07) is 20.0. The van der Waals surface area contributed by atoms with Crippen molar-refractivity contribution >= 4 is 23.0 Å². The lowest BCUT2D eigenvalue weighted by atomic mass is 9.96. The lowest BCUT2D eigenvalue weighted by Crippen LogP contribution is -2.30. The number of pyridine rings is 2. The normalized spacial score (nSPS) is 18.1. The van der Waals surface area contributed by atoms with E-state index >= 15 is 0 Å². The van der Waals surface area contributed by atoms with Gasteiger partial charge in [0.05, 0.1) is 23.5 Å². The molecule has 1 aliphatic heterocycles. The molecule has 0 bridgehead atoms. The number of aryl methyl sites for hydroxylation is 1. The molecule has 4 aromatic rings. The summed E-state index contributed by atoms with van der Waals surface area (Å²) in [5.41, 5.74) is 4.40. The van der Waals surface area contributed by atoms with Crippen LogP contribution in [0.25, 0.3) is 5.82 Å². The molecule has 5 nitrogen and oxygen atoms in total. The van der Waals surface area contributed by atoms with Crippen LogP contribution in [0, 0.1) is 19.7 Å². The standard InChI is InChI=1S/C25H22FN5S/c1-16-15-18(17(2)30(16)22-12-6-8-14-28-22)24-23(20-10-5-7-13-27-20)29-25(32)31(24)21-11-4-3-9-19(21)26/h3-15,23-24H,1-2H3,(H,29,32)/t23-,24-/m1/s1. The molecule has 0 unspecified atom stereocenters. The van der Waals surface area contributed by atoms with Gasteiger partial charge in [-0.05, 0) is 74.1 Å². The third-order valence-electron chi connectivity index (χ3n) is 5.88. The van der Waals surface area contributed by atoms with Gasteiger partial charge in [0, 0.05) is 23.8 Å². The third kappa shape index (κ3) is 3.35. The largest absolute Gasteiger partial charge is 0.351 e. The van der Waals surface area contributed by atoms with Crippen LogP contribution in [0.1, 0.15) is 34.7 Å². The summed E-state index contributed by atoms with van der Waals surface area (Å²) in [6.45, 7) is 4.11. The molecule has 0 saturated carbocycles. The van der Waals surface area contributed by atoms with Crippen LogP contribution in [0.4, 0.5) is 10.1 Å². The maximum Gasteiger partial charge on any atom is 0.174 e. The van der Waals surface area contributed by atoms with E-state index in [1.807, 2.05) is 47.4 Å². The first kappa shape index (κ1) is 20.3. The van der Waals surface area contributed by atoms with Gasteiger partial charge in [-0.1, -0.05) is 24.3 Å². The average Bonchev–Trinajstić information content (AvgIpc) is 3.30. The second kappa shape index (κ2) is 8.16. The van der Waals surface area contributed by atoms with E-state index < -0.39 is 0 Å². The number of anilines is 1. The van der Waals surface area contributed by atoms with Crippen molar-refractivity contribution in [2.75, 3.05) is 4.90 Å². The molecule has 1 aliphatic rings. The Balaban J connectivity index is 1.70. The second-order valence-corrected chi connectivity index (χ2v) is 8.18. The van der Waals surface area contributed by atoms with Crippen molar-refractivity contribution in [3.63, 3.8) is 0 Å². The highest BCUT2D eigenvalue weighted by Gasteiger charge is 2.43. The lowest BCUT2D eigenvalue weighted by molar-refractivity contribution is 0.556. The van der Waals surface area contributed by atoms with Gasteiger partial charge in [-0.15, -0.1) is 0 Å². The maximum atomic E-state index is 14.9. The Morgan fingerprint density at radius 2 is 1.66 bits per heavy atom. The highest BCUT2D eigenvalue weighted by Crippen LogP contribution is 2.44. The molecule has 1 fully saturated rings. The molecule has 0 radical (unpaired) electrons. The van der Waals surface area contributed by atoms with Gasteiger partial charge in [0.2, 0.25) is 0 Å². The van der Waals surface area contributed by atoms with E-state index in [1.165, 1.54) is 6.07 Å². The summed E-state index contributed by atoms with van der Waals surface area (Å²) in [6.07, 6.45) is 3.54. The highest BCUT2D eigenvalue weighted by atomic mass is 32.1. The Morgan fingerprint density at radius 3 is 2.34 bits per heavy atom. The SMILES string of the molecule is Cc1cc([C@@H]2[C@@H](c3ccccn3)NC(=S)N2c2ccccc2F)c(C)n1-c1ccccn1. The summed E-state index contributed by atoms with van der Waals surface area (Å²) in [5.74, 6) is 0.524. The van der Waals surface area contributed by atoms with Gasteiger partial charge in [-0.3, -0.25) is 4.98 Å². The summed E-state index contributed by atoms with van der Waals surface area (Å²) in [5, 5.41) is 3.86. The first-order valence-electron chi connectivity index (χ1n) is 10.4. The van der Waals surface area contributed by atoms with E-state index in [9.17, 15) is 4.39 Å². The van der Waals surface area contributed by atoms with Crippen LogP contribution in [0.15, 0.2) is 79.1 Å². The lowest BCUT2D eigenvalue weighted by Gasteiger charge is -2.28. The van der Waals surface area contributed by atoms with Gasteiger partial charge in [0.15, 0.2) is 5.11 Å². The minimum atomic E-state index is -0.318. The van der Waals surface area contributed by atoms with E-state index in [1.54, 1.807) is 24.5 Å². The van der Waals surface area contributed by atoms with Crippen molar-refractivity contribution in [3.05, 3.63) is 108 Å². The highest BCUT2D eigenvalue weighted by molar-refractivity contribution is 7.80. The maximum absolute atomic E-state index is 14.9. The van der Waals surface area contributed by atoms with Gasteiger partial charge in [-0.2, -0.15) is 0 Å². The molecule has 1 aromatic carbocycles. The zero-order chi connectivity index (χ0) is 22.2. The van der Waals surface area contributed by atoms with Crippen LogP contribution < -0.4 is 10.2 Å². The number of halogens is 1. The molecule has 0 spiro atoms. The van der Waals surface area contributed by atoms with Crippen LogP contribution in [0.3, 0.4) is 0 Å². The molecule has 4 heterocycles. The zero-order valence-electron chi connectivity index (χ0n) is 17.7. The Labute approximate surface area is 191 Å². The van der Waals surface area contributed by atoms with E-state index in [-0.39, 0.29) is 17.9 Å². The zero-order valence-corrected chi connectivity index (χ0v) is 18.6. The summed E-state index contributed by atoms with van der Waals surface area (Å²) in [4.78, 5) is 11.0. The van der Waals surface area contributed by atoms with Gasteiger partial charge >= 0.3 is 0 Å². The minimum Gasteiger partial charge on any atom is -0.351 e. The summed E-state index contributed by atoms with van der Waals surface area (Å²) >= 11 is 5.71. The van der Waals surface area contributed by atoms with Crippen molar-refractivity contribution in [2.45, 2.75) is 25.9 Å². The number of nitrogens with zero attached hydrogens (tertiary/aromatic N) is 4. The first-order chi connectivity index (χ1) is 15.6. The Hall–Kier alpha value is -3.58. The van der Waals surface area contributed by atoms with Crippen LogP contribution in [0.5, 0.6) is 0 Å². The molecule has 32 heavy (non-hydrogen) atoms. The minimum absolute atomic E-state index is 0.235. The number of hydrogen-bond acceptors (Lipinski definition) is 3. The Bertz CT molecular complexity index is 1270. The molecule has 0 amide bonds. The summed E-state index contributed by atoms with van der Waals surface area (Å²) < 4.78 is 17.0. The van der Waals surface area contributed by atoms with Gasteiger partial charge in [-0.25, -0.2) is 9.37 Å². The molecular formula is C25H22FN5S. The quantitative estimate of drug-likeness (QED) is 0.439. The Morgan fingerprint density at radius 1 is 0.938 bits per heavy atom. The predicted octanol–water partition coefficient (Wildman–Crippen LogP) is 5.20. The fourth-order valence-electron chi connectivity index (χ4n) is 4.50. The number of aromatic nitrogens is 3. The number of thiocarbonyl (C=S) groups is 1. The van der Waals surface area contributed by atoms with Gasteiger partial charge in [0.1, 0.15) is 11.6 Å². The third-order valence-corrected chi connectivity index (χ3v) is 6.19. The molecule has 7 heteroatoms. The van der Waals surface area contributed by atoms with Gasteiger partial charge < -0.3 is 14.8 Å². The van der Waals surface area contributed by atoms with Crippen LogP contribution >= 0.6 is 12.2 Å². The molecule has 5 rings (SSSR count). The Kier molecular flexibility index (Phi) is 5.19. The van der Waals surface area contributed by atoms with Gasteiger partial charge in [0.25, 0.3) is 0 Å². The topological polar surface area (TPSA) is 46.0 Å². The molecule has 1 N–H and O–H groups in total. The fourth-order valence-corrected chi connectivity index (χ4v) is 4.84. The predicted molar refractivity (Wildman–Crippen MR) is 127 cm³/mol. The van der Waals surface area contributed by atoms with Crippen molar-refractivity contribution in [1.29, 1.82) is 0 Å². The monoisotopic (exact) mass is 443 g/mol. The molecule has 0 aliphatic carbocycles. The van der Waals surface area contributed by atoms with Crippen LogP contribution in [-0.2, 0) is 0 Å². The average molecular weight is 444 g/mol. The molecule has 160 valence electrons.